The van der Waals surface area contributed by atoms with E-state index in [0.717, 1.165) is 18.4 Å². The van der Waals surface area contributed by atoms with E-state index in [-0.39, 0.29) is 11.8 Å². The van der Waals surface area contributed by atoms with Crippen molar-refractivity contribution in [2.75, 3.05) is 0 Å². The zero-order chi connectivity index (χ0) is 12.8. The highest BCUT2D eigenvalue weighted by molar-refractivity contribution is 6.01. The fourth-order valence-corrected chi connectivity index (χ4v) is 2.76. The fraction of sp³-hybridized carbons (Fsp3) is 0.429. The van der Waals surface area contributed by atoms with Crippen molar-refractivity contribution in [2.45, 2.75) is 37.3 Å². The number of rotatable bonds is 2. The van der Waals surface area contributed by atoms with E-state index in [4.69, 9.17) is 5.73 Å². The zero-order valence-corrected chi connectivity index (χ0v) is 10.1. The van der Waals surface area contributed by atoms with Crippen LogP contribution in [0.3, 0.4) is 0 Å². The molecule has 94 valence electrons. The van der Waals surface area contributed by atoms with Crippen LogP contribution in [0.2, 0.25) is 0 Å². The van der Waals surface area contributed by atoms with Gasteiger partial charge < -0.3 is 5.73 Å². The first-order valence-electron chi connectivity index (χ1n) is 6.33. The Labute approximate surface area is 106 Å². The third kappa shape index (κ3) is 1.56. The number of imide groups is 1. The van der Waals surface area contributed by atoms with E-state index in [2.05, 4.69) is 0 Å². The molecule has 0 radical (unpaired) electrons. The van der Waals surface area contributed by atoms with Gasteiger partial charge in [-0.3, -0.25) is 14.5 Å². The Balaban J connectivity index is 1.98. The lowest BCUT2D eigenvalue weighted by molar-refractivity contribution is -0.153. The molecule has 1 heterocycles. The van der Waals surface area contributed by atoms with E-state index in [0.29, 0.717) is 12.8 Å². The molecule has 2 fully saturated rings. The summed E-state index contributed by atoms with van der Waals surface area (Å²) in [5, 5.41) is 0. The van der Waals surface area contributed by atoms with Gasteiger partial charge in [0.05, 0.1) is 11.6 Å². The third-order valence-electron chi connectivity index (χ3n) is 3.92. The molecule has 1 aromatic carbocycles. The first-order chi connectivity index (χ1) is 8.65. The van der Waals surface area contributed by atoms with Crippen LogP contribution < -0.4 is 5.73 Å². The first kappa shape index (κ1) is 11.4. The maximum Gasteiger partial charge on any atom is 0.246 e. The standard InChI is InChI=1S/C14H16N2O2/c15-11-6-7-12(17)16(13(11)18)14(8-9-14)10-4-2-1-3-5-10/h1-5,11H,6-9,15H2/t11-/m1/s1. The molecule has 4 heteroatoms. The van der Waals surface area contributed by atoms with Gasteiger partial charge in [0.25, 0.3) is 0 Å². The summed E-state index contributed by atoms with van der Waals surface area (Å²) in [6.07, 6.45) is 2.54. The summed E-state index contributed by atoms with van der Waals surface area (Å²) in [7, 11) is 0. The second kappa shape index (κ2) is 3.92. The highest BCUT2D eigenvalue weighted by atomic mass is 16.2. The summed E-state index contributed by atoms with van der Waals surface area (Å²) in [6.45, 7) is 0. The first-order valence-corrected chi connectivity index (χ1v) is 6.33. The molecule has 0 unspecified atom stereocenters. The van der Waals surface area contributed by atoms with Crippen molar-refractivity contribution >= 4 is 11.8 Å². The maximum absolute atomic E-state index is 12.2. The summed E-state index contributed by atoms with van der Waals surface area (Å²) >= 11 is 0. The summed E-state index contributed by atoms with van der Waals surface area (Å²) in [4.78, 5) is 25.7. The Bertz CT molecular complexity index is 494. The van der Waals surface area contributed by atoms with Gasteiger partial charge in [0.1, 0.15) is 0 Å². The largest absolute Gasteiger partial charge is 0.320 e. The van der Waals surface area contributed by atoms with E-state index in [1.807, 2.05) is 30.3 Å². The minimum absolute atomic E-state index is 0.0805. The SMILES string of the molecule is N[C@@H]1CCC(=O)N(C2(c3ccccc3)CC2)C1=O. The number of amides is 2. The third-order valence-corrected chi connectivity index (χ3v) is 3.92. The van der Waals surface area contributed by atoms with Gasteiger partial charge in [-0.15, -0.1) is 0 Å². The predicted octanol–water partition coefficient (Wildman–Crippen LogP) is 1.15. The van der Waals surface area contributed by atoms with Gasteiger partial charge in [-0.1, -0.05) is 30.3 Å². The fourth-order valence-electron chi connectivity index (χ4n) is 2.76. The number of carbonyl (C=O) groups is 2. The number of hydrogen-bond donors (Lipinski definition) is 1. The van der Waals surface area contributed by atoms with Crippen molar-refractivity contribution in [1.29, 1.82) is 0 Å². The Morgan fingerprint density at radius 2 is 1.83 bits per heavy atom. The highest BCUT2D eigenvalue weighted by Crippen LogP contribution is 2.52. The molecule has 4 nitrogen and oxygen atoms in total. The highest BCUT2D eigenvalue weighted by Gasteiger charge is 2.55. The van der Waals surface area contributed by atoms with Crippen LogP contribution in [0.1, 0.15) is 31.2 Å². The van der Waals surface area contributed by atoms with Crippen LogP contribution in [-0.2, 0) is 15.1 Å². The average Bonchev–Trinajstić information content (AvgIpc) is 3.17. The van der Waals surface area contributed by atoms with Gasteiger partial charge in [0.15, 0.2) is 0 Å². The van der Waals surface area contributed by atoms with Crippen molar-refractivity contribution in [3.8, 4) is 0 Å². The molecule has 3 rings (SSSR count). The van der Waals surface area contributed by atoms with E-state index in [1.165, 1.54) is 4.90 Å². The Morgan fingerprint density at radius 3 is 2.44 bits per heavy atom. The van der Waals surface area contributed by atoms with Crippen molar-refractivity contribution < 1.29 is 9.59 Å². The summed E-state index contributed by atoms with van der Waals surface area (Å²) in [5.41, 5.74) is 6.42. The maximum atomic E-state index is 12.2. The topological polar surface area (TPSA) is 63.4 Å². The van der Waals surface area contributed by atoms with Gasteiger partial charge in [0.2, 0.25) is 11.8 Å². The molecule has 1 saturated heterocycles. The molecular formula is C14H16N2O2. The van der Waals surface area contributed by atoms with Crippen LogP contribution >= 0.6 is 0 Å². The number of nitrogens with two attached hydrogens (primary N) is 1. The van der Waals surface area contributed by atoms with Crippen molar-refractivity contribution in [3.05, 3.63) is 35.9 Å². The molecule has 18 heavy (non-hydrogen) atoms. The zero-order valence-electron chi connectivity index (χ0n) is 10.1. The van der Waals surface area contributed by atoms with Gasteiger partial charge in [-0.25, -0.2) is 0 Å². The predicted molar refractivity (Wildman–Crippen MR) is 66.4 cm³/mol. The molecule has 0 aromatic heterocycles. The average molecular weight is 244 g/mol. The second-order valence-corrected chi connectivity index (χ2v) is 5.11. The van der Waals surface area contributed by atoms with Crippen LogP contribution in [0.25, 0.3) is 0 Å². The van der Waals surface area contributed by atoms with Gasteiger partial charge in [0, 0.05) is 6.42 Å². The van der Waals surface area contributed by atoms with Crippen LogP contribution in [0.5, 0.6) is 0 Å². The van der Waals surface area contributed by atoms with Crippen LogP contribution in [0.4, 0.5) is 0 Å². The molecule has 1 aliphatic heterocycles. The summed E-state index contributed by atoms with van der Waals surface area (Å²) < 4.78 is 0. The molecule has 2 N–H and O–H groups in total. The van der Waals surface area contributed by atoms with Crippen LogP contribution in [-0.4, -0.2) is 22.8 Å². The van der Waals surface area contributed by atoms with Crippen molar-refractivity contribution in [2.24, 2.45) is 5.73 Å². The lowest BCUT2D eigenvalue weighted by atomic mass is 9.97. The van der Waals surface area contributed by atoms with E-state index < -0.39 is 11.6 Å². The lowest BCUT2D eigenvalue weighted by Crippen LogP contribution is -2.55. The van der Waals surface area contributed by atoms with Gasteiger partial charge >= 0.3 is 0 Å². The number of carbonyl (C=O) groups excluding carboxylic acids is 2. The van der Waals surface area contributed by atoms with Gasteiger partial charge in [-0.05, 0) is 24.8 Å². The molecule has 1 atom stereocenters. The Morgan fingerprint density at radius 1 is 1.17 bits per heavy atom. The Hall–Kier alpha value is -1.68. The number of nitrogens with zero attached hydrogens (tertiary/aromatic N) is 1. The van der Waals surface area contributed by atoms with E-state index in [9.17, 15) is 9.59 Å². The quantitative estimate of drug-likeness (QED) is 0.794. The molecule has 1 saturated carbocycles. The number of benzene rings is 1. The van der Waals surface area contributed by atoms with Crippen LogP contribution in [0.15, 0.2) is 30.3 Å². The minimum atomic E-state index is -0.524. The van der Waals surface area contributed by atoms with Crippen LogP contribution in [0, 0.1) is 0 Å². The van der Waals surface area contributed by atoms with Crippen molar-refractivity contribution in [3.63, 3.8) is 0 Å². The molecule has 1 aliphatic carbocycles. The molecule has 0 bridgehead atoms. The second-order valence-electron chi connectivity index (χ2n) is 5.11. The van der Waals surface area contributed by atoms with Crippen molar-refractivity contribution in [1.82, 2.24) is 4.90 Å². The lowest BCUT2D eigenvalue weighted by Gasteiger charge is -2.36. The van der Waals surface area contributed by atoms with E-state index >= 15 is 0 Å². The summed E-state index contributed by atoms with van der Waals surface area (Å²) in [6, 6.07) is 9.25. The molecule has 1 aromatic rings. The van der Waals surface area contributed by atoms with E-state index in [1.54, 1.807) is 0 Å². The number of hydrogen-bond acceptors (Lipinski definition) is 3. The molecule has 2 amide bonds. The van der Waals surface area contributed by atoms with Gasteiger partial charge in [-0.2, -0.15) is 0 Å². The minimum Gasteiger partial charge on any atom is -0.320 e. The molecular weight excluding hydrogens is 228 g/mol. The monoisotopic (exact) mass is 244 g/mol. The molecule has 0 spiro atoms. The summed E-state index contributed by atoms with van der Waals surface area (Å²) in [5.74, 6) is -0.296. The smallest absolute Gasteiger partial charge is 0.246 e. The normalized spacial score (nSPS) is 26.3. The number of likely N-dealkylation sites (tertiary alicyclic amines) is 1. The number of piperidine rings is 1. The molecule has 2 aliphatic rings. The Kier molecular flexibility index (Phi) is 2.48.